The van der Waals surface area contributed by atoms with Gasteiger partial charge in [0, 0.05) is 18.8 Å². The van der Waals surface area contributed by atoms with Gasteiger partial charge >= 0.3 is 0 Å². The highest BCUT2D eigenvalue weighted by molar-refractivity contribution is 7.92. The summed E-state index contributed by atoms with van der Waals surface area (Å²) in [4.78, 5) is 12.4. The summed E-state index contributed by atoms with van der Waals surface area (Å²) < 4.78 is 26.0. The van der Waals surface area contributed by atoms with Gasteiger partial charge in [0.15, 0.2) is 0 Å². The molecule has 0 saturated heterocycles. The summed E-state index contributed by atoms with van der Waals surface area (Å²) >= 11 is 0. The van der Waals surface area contributed by atoms with E-state index >= 15 is 0 Å². The standard InChI is InChI=1S/C19H20N4O3S/c1-22(27(2,25)26)18-10-8-16(9-11-18)19(24)21-17-12-20-23(14-17)13-15-6-4-3-5-7-15/h3-12,14H,13H2,1-2H3,(H,21,24). The van der Waals surface area contributed by atoms with E-state index in [2.05, 4.69) is 10.4 Å². The predicted molar refractivity (Wildman–Crippen MR) is 105 cm³/mol. The highest BCUT2D eigenvalue weighted by Crippen LogP contribution is 2.17. The number of rotatable bonds is 6. The van der Waals surface area contributed by atoms with Crippen molar-refractivity contribution in [1.82, 2.24) is 9.78 Å². The van der Waals surface area contributed by atoms with Gasteiger partial charge in [0.25, 0.3) is 5.91 Å². The average molecular weight is 384 g/mol. The maximum atomic E-state index is 12.4. The third-order valence-electron chi connectivity index (χ3n) is 4.07. The van der Waals surface area contributed by atoms with Crippen LogP contribution in [0.15, 0.2) is 67.0 Å². The number of carbonyl (C=O) groups excluding carboxylic acids is 1. The second-order valence-electron chi connectivity index (χ2n) is 6.14. The van der Waals surface area contributed by atoms with Crippen LogP contribution in [-0.2, 0) is 16.6 Å². The first kappa shape index (κ1) is 18.7. The van der Waals surface area contributed by atoms with Crippen molar-refractivity contribution in [3.8, 4) is 0 Å². The Morgan fingerprint density at radius 1 is 1.11 bits per heavy atom. The van der Waals surface area contributed by atoms with E-state index in [4.69, 9.17) is 0 Å². The van der Waals surface area contributed by atoms with Gasteiger partial charge in [-0.25, -0.2) is 8.42 Å². The Morgan fingerprint density at radius 3 is 2.41 bits per heavy atom. The van der Waals surface area contributed by atoms with Crippen LogP contribution >= 0.6 is 0 Å². The average Bonchev–Trinajstić information content (AvgIpc) is 3.08. The number of aromatic nitrogens is 2. The Morgan fingerprint density at radius 2 is 1.78 bits per heavy atom. The summed E-state index contributed by atoms with van der Waals surface area (Å²) in [7, 11) is -1.88. The summed E-state index contributed by atoms with van der Waals surface area (Å²) in [5.74, 6) is -0.289. The summed E-state index contributed by atoms with van der Waals surface area (Å²) in [6.45, 7) is 0.614. The Balaban J connectivity index is 1.65. The number of benzene rings is 2. The molecule has 0 bridgehead atoms. The minimum absolute atomic E-state index is 0.289. The Labute approximate surface area is 158 Å². The number of nitrogens with one attached hydrogen (secondary N) is 1. The minimum atomic E-state index is -3.34. The van der Waals surface area contributed by atoms with Crippen molar-refractivity contribution < 1.29 is 13.2 Å². The molecule has 27 heavy (non-hydrogen) atoms. The van der Waals surface area contributed by atoms with E-state index in [0.29, 0.717) is 23.5 Å². The first-order valence-corrected chi connectivity index (χ1v) is 10.1. The summed E-state index contributed by atoms with van der Waals surface area (Å²) in [5, 5.41) is 7.04. The van der Waals surface area contributed by atoms with E-state index in [0.717, 1.165) is 16.1 Å². The Hall–Kier alpha value is -3.13. The zero-order valence-corrected chi connectivity index (χ0v) is 15.8. The van der Waals surface area contributed by atoms with Gasteiger partial charge in [-0.15, -0.1) is 0 Å². The smallest absolute Gasteiger partial charge is 0.255 e. The Kier molecular flexibility index (Phi) is 5.27. The van der Waals surface area contributed by atoms with Gasteiger partial charge in [-0.05, 0) is 29.8 Å². The van der Waals surface area contributed by atoms with Crippen LogP contribution in [0, 0.1) is 0 Å². The molecule has 3 rings (SSSR count). The van der Waals surface area contributed by atoms with Crippen molar-refractivity contribution in [2.45, 2.75) is 6.54 Å². The molecule has 0 atom stereocenters. The number of carbonyl (C=O) groups is 1. The zero-order chi connectivity index (χ0) is 19.4. The van der Waals surface area contributed by atoms with Crippen molar-refractivity contribution >= 4 is 27.3 Å². The first-order valence-electron chi connectivity index (χ1n) is 8.24. The number of sulfonamides is 1. The summed E-state index contributed by atoms with van der Waals surface area (Å²) in [6.07, 6.45) is 4.48. The van der Waals surface area contributed by atoms with Gasteiger partial charge in [-0.2, -0.15) is 5.10 Å². The lowest BCUT2D eigenvalue weighted by molar-refractivity contribution is 0.102. The number of nitrogens with zero attached hydrogens (tertiary/aromatic N) is 3. The van der Waals surface area contributed by atoms with Crippen LogP contribution in [0.1, 0.15) is 15.9 Å². The molecule has 1 aromatic heterocycles. The number of anilines is 2. The molecule has 1 amide bonds. The molecule has 1 heterocycles. The van der Waals surface area contributed by atoms with E-state index in [9.17, 15) is 13.2 Å². The molecule has 0 fully saturated rings. The molecule has 0 unspecified atom stereocenters. The molecule has 0 spiro atoms. The predicted octanol–water partition coefficient (Wildman–Crippen LogP) is 2.58. The lowest BCUT2D eigenvalue weighted by Gasteiger charge is -2.16. The topological polar surface area (TPSA) is 84.3 Å². The molecular formula is C19H20N4O3S. The maximum absolute atomic E-state index is 12.4. The van der Waals surface area contributed by atoms with Gasteiger partial charge in [0.05, 0.1) is 30.4 Å². The van der Waals surface area contributed by atoms with Gasteiger partial charge in [0.2, 0.25) is 10.0 Å². The van der Waals surface area contributed by atoms with Crippen molar-refractivity contribution in [3.05, 3.63) is 78.1 Å². The van der Waals surface area contributed by atoms with Crippen LogP contribution in [0.25, 0.3) is 0 Å². The fourth-order valence-corrected chi connectivity index (χ4v) is 3.01. The molecule has 1 N–H and O–H groups in total. The fourth-order valence-electron chi connectivity index (χ4n) is 2.50. The highest BCUT2D eigenvalue weighted by Gasteiger charge is 2.13. The van der Waals surface area contributed by atoms with Gasteiger partial charge < -0.3 is 5.32 Å². The van der Waals surface area contributed by atoms with E-state index < -0.39 is 10.0 Å². The number of hydrogen-bond acceptors (Lipinski definition) is 4. The molecule has 0 saturated carbocycles. The molecule has 0 aliphatic rings. The molecular weight excluding hydrogens is 364 g/mol. The minimum Gasteiger partial charge on any atom is -0.319 e. The molecule has 140 valence electrons. The largest absolute Gasteiger partial charge is 0.319 e. The first-order chi connectivity index (χ1) is 12.8. The Bertz CT molecular complexity index is 1030. The van der Waals surface area contributed by atoms with Crippen LogP contribution in [-0.4, -0.2) is 37.4 Å². The highest BCUT2D eigenvalue weighted by atomic mass is 32.2. The third kappa shape index (κ3) is 4.73. The normalized spacial score (nSPS) is 11.2. The quantitative estimate of drug-likeness (QED) is 0.708. The lowest BCUT2D eigenvalue weighted by atomic mass is 10.2. The van der Waals surface area contributed by atoms with Crippen LogP contribution in [0.3, 0.4) is 0 Å². The monoisotopic (exact) mass is 384 g/mol. The molecule has 0 aliphatic carbocycles. The molecule has 8 heteroatoms. The van der Waals surface area contributed by atoms with Crippen LogP contribution < -0.4 is 9.62 Å². The van der Waals surface area contributed by atoms with Crippen LogP contribution in [0.5, 0.6) is 0 Å². The zero-order valence-electron chi connectivity index (χ0n) is 15.0. The van der Waals surface area contributed by atoms with Crippen molar-refractivity contribution in [2.24, 2.45) is 0 Å². The van der Waals surface area contributed by atoms with Gasteiger partial charge in [-0.3, -0.25) is 13.8 Å². The van der Waals surface area contributed by atoms with Crippen LogP contribution in [0.4, 0.5) is 11.4 Å². The van der Waals surface area contributed by atoms with E-state index in [1.54, 1.807) is 41.3 Å². The molecule has 7 nitrogen and oxygen atoms in total. The maximum Gasteiger partial charge on any atom is 0.255 e. The number of hydrogen-bond donors (Lipinski definition) is 1. The molecule has 2 aromatic carbocycles. The van der Waals surface area contributed by atoms with Crippen molar-refractivity contribution in [1.29, 1.82) is 0 Å². The lowest BCUT2D eigenvalue weighted by Crippen LogP contribution is -2.24. The SMILES string of the molecule is CN(c1ccc(C(=O)Nc2cnn(Cc3ccccc3)c2)cc1)S(C)(=O)=O. The van der Waals surface area contributed by atoms with Gasteiger partial charge in [0.1, 0.15) is 0 Å². The fraction of sp³-hybridized carbons (Fsp3) is 0.158. The van der Waals surface area contributed by atoms with E-state index in [-0.39, 0.29) is 5.91 Å². The van der Waals surface area contributed by atoms with Crippen LogP contribution in [0.2, 0.25) is 0 Å². The van der Waals surface area contributed by atoms with E-state index in [1.165, 1.54) is 7.05 Å². The summed E-state index contributed by atoms with van der Waals surface area (Å²) in [6, 6.07) is 16.3. The second kappa shape index (κ2) is 7.63. The molecule has 0 radical (unpaired) electrons. The third-order valence-corrected chi connectivity index (χ3v) is 5.27. The summed E-state index contributed by atoms with van der Waals surface area (Å²) in [5.41, 5.74) is 2.62. The van der Waals surface area contributed by atoms with E-state index in [1.807, 2.05) is 30.3 Å². The second-order valence-corrected chi connectivity index (χ2v) is 8.16. The molecule has 0 aliphatic heterocycles. The number of amides is 1. The van der Waals surface area contributed by atoms with Crippen molar-refractivity contribution in [3.63, 3.8) is 0 Å². The van der Waals surface area contributed by atoms with Gasteiger partial charge in [-0.1, -0.05) is 30.3 Å². The van der Waals surface area contributed by atoms with Crippen molar-refractivity contribution in [2.75, 3.05) is 22.9 Å². The molecule has 3 aromatic rings.